The smallest absolute Gasteiger partial charge is 0.210 e. The summed E-state index contributed by atoms with van der Waals surface area (Å²) in [6.45, 7) is 0. The Bertz CT molecular complexity index is 989. The Balaban J connectivity index is 1.71. The lowest BCUT2D eigenvalue weighted by atomic mass is 9.92. The minimum atomic E-state index is -0.175. The van der Waals surface area contributed by atoms with E-state index in [0.717, 1.165) is 16.6 Å². The van der Waals surface area contributed by atoms with Gasteiger partial charge in [-0.3, -0.25) is 14.6 Å². The number of allylic oxidation sites excluding steroid dienone is 2. The van der Waals surface area contributed by atoms with E-state index in [2.05, 4.69) is 10.3 Å². The maximum atomic E-state index is 12.5. The molecule has 110 valence electrons. The van der Waals surface area contributed by atoms with Crippen LogP contribution in [0.15, 0.2) is 72.6 Å². The molecule has 0 saturated heterocycles. The SMILES string of the molecule is O=C1C=C(Nc2ccc3ncccc3c2)C(=O)c2ccccc21. The fourth-order valence-corrected chi connectivity index (χ4v) is 2.72. The summed E-state index contributed by atoms with van der Waals surface area (Å²) in [5, 5.41) is 4.02. The van der Waals surface area contributed by atoms with Crippen molar-refractivity contribution in [1.82, 2.24) is 4.98 Å². The molecule has 4 heteroatoms. The summed E-state index contributed by atoms with van der Waals surface area (Å²) >= 11 is 0. The summed E-state index contributed by atoms with van der Waals surface area (Å²) in [7, 11) is 0. The van der Waals surface area contributed by atoms with Crippen LogP contribution >= 0.6 is 0 Å². The van der Waals surface area contributed by atoms with E-state index in [1.165, 1.54) is 6.08 Å². The van der Waals surface area contributed by atoms with Gasteiger partial charge in [0.2, 0.25) is 5.78 Å². The van der Waals surface area contributed by atoms with Crippen molar-refractivity contribution in [2.24, 2.45) is 0 Å². The van der Waals surface area contributed by atoms with Gasteiger partial charge in [0.1, 0.15) is 0 Å². The molecule has 4 rings (SSSR count). The third-order valence-corrected chi connectivity index (χ3v) is 3.84. The first-order chi connectivity index (χ1) is 11.2. The zero-order valence-corrected chi connectivity index (χ0v) is 12.1. The zero-order valence-electron chi connectivity index (χ0n) is 12.1. The highest BCUT2D eigenvalue weighted by Crippen LogP contribution is 2.24. The first kappa shape index (κ1) is 13.4. The Morgan fingerprint density at radius 3 is 2.57 bits per heavy atom. The normalized spacial score (nSPS) is 13.7. The Labute approximate surface area is 132 Å². The lowest BCUT2D eigenvalue weighted by Gasteiger charge is -2.16. The highest BCUT2D eigenvalue weighted by molar-refractivity contribution is 6.25. The summed E-state index contributed by atoms with van der Waals surface area (Å²) in [6.07, 6.45) is 3.09. The topological polar surface area (TPSA) is 59.1 Å². The number of hydrogen-bond donors (Lipinski definition) is 1. The number of anilines is 1. The second-order valence-electron chi connectivity index (χ2n) is 5.33. The largest absolute Gasteiger partial charge is 0.352 e. The molecule has 1 heterocycles. The lowest BCUT2D eigenvalue weighted by molar-refractivity contribution is 0.0985. The molecule has 0 saturated carbocycles. The van der Waals surface area contributed by atoms with Crippen LogP contribution in [0.1, 0.15) is 20.7 Å². The van der Waals surface area contributed by atoms with Crippen LogP contribution in [0.3, 0.4) is 0 Å². The number of benzene rings is 2. The zero-order chi connectivity index (χ0) is 15.8. The van der Waals surface area contributed by atoms with Gasteiger partial charge < -0.3 is 5.32 Å². The summed E-state index contributed by atoms with van der Waals surface area (Å²) in [5.41, 5.74) is 2.80. The van der Waals surface area contributed by atoms with Gasteiger partial charge >= 0.3 is 0 Å². The number of hydrogen-bond acceptors (Lipinski definition) is 4. The molecule has 1 aliphatic rings. The molecule has 23 heavy (non-hydrogen) atoms. The number of carbonyl (C=O) groups is 2. The van der Waals surface area contributed by atoms with Gasteiger partial charge in [-0.1, -0.05) is 30.3 Å². The molecule has 0 unspecified atom stereocenters. The summed E-state index contributed by atoms with van der Waals surface area (Å²) < 4.78 is 0. The van der Waals surface area contributed by atoms with Crippen LogP contribution in [0, 0.1) is 0 Å². The van der Waals surface area contributed by atoms with Crippen LogP contribution in [0.5, 0.6) is 0 Å². The van der Waals surface area contributed by atoms with Gasteiger partial charge in [-0.2, -0.15) is 0 Å². The van der Waals surface area contributed by atoms with E-state index in [1.54, 1.807) is 30.5 Å². The third-order valence-electron chi connectivity index (χ3n) is 3.84. The summed E-state index contributed by atoms with van der Waals surface area (Å²) in [5.74, 6) is -0.336. The monoisotopic (exact) mass is 300 g/mol. The highest BCUT2D eigenvalue weighted by atomic mass is 16.1. The van der Waals surface area contributed by atoms with Crippen molar-refractivity contribution in [3.63, 3.8) is 0 Å². The number of fused-ring (bicyclic) bond motifs is 2. The molecule has 0 bridgehead atoms. The van der Waals surface area contributed by atoms with Gasteiger partial charge in [-0.05, 0) is 24.3 Å². The molecule has 0 aliphatic heterocycles. The molecule has 1 aromatic heterocycles. The molecule has 1 N–H and O–H groups in total. The molecular weight excluding hydrogens is 288 g/mol. The first-order valence-electron chi connectivity index (χ1n) is 7.24. The standard InChI is InChI=1S/C19H12N2O2/c22-18-11-17(19(23)15-6-2-1-5-14(15)18)21-13-7-8-16-12(10-13)4-3-9-20-16/h1-11,21H. The maximum Gasteiger partial charge on any atom is 0.210 e. The number of aromatic nitrogens is 1. The molecule has 0 fully saturated rings. The van der Waals surface area contributed by atoms with Gasteiger partial charge in [0.15, 0.2) is 5.78 Å². The lowest BCUT2D eigenvalue weighted by Crippen LogP contribution is -2.21. The van der Waals surface area contributed by atoms with Crippen molar-refractivity contribution in [2.45, 2.75) is 0 Å². The molecule has 2 aromatic carbocycles. The minimum absolute atomic E-state index is 0.162. The maximum absolute atomic E-state index is 12.5. The Morgan fingerprint density at radius 2 is 1.70 bits per heavy atom. The molecule has 1 aliphatic carbocycles. The van der Waals surface area contributed by atoms with Crippen LogP contribution in [0.2, 0.25) is 0 Å². The average Bonchev–Trinajstić information content (AvgIpc) is 2.59. The van der Waals surface area contributed by atoms with Crippen LogP contribution in [-0.4, -0.2) is 16.6 Å². The van der Waals surface area contributed by atoms with Gasteiger partial charge in [-0.15, -0.1) is 0 Å². The van der Waals surface area contributed by atoms with Gasteiger partial charge in [0, 0.05) is 34.5 Å². The molecule has 0 atom stereocenters. The molecular formula is C19H12N2O2. The Hall–Kier alpha value is -3.27. The van der Waals surface area contributed by atoms with E-state index in [9.17, 15) is 9.59 Å². The molecule has 3 aromatic rings. The van der Waals surface area contributed by atoms with Gasteiger partial charge in [0.25, 0.3) is 0 Å². The van der Waals surface area contributed by atoms with E-state index < -0.39 is 0 Å². The van der Waals surface area contributed by atoms with E-state index >= 15 is 0 Å². The van der Waals surface area contributed by atoms with Crippen molar-refractivity contribution >= 4 is 28.2 Å². The van der Waals surface area contributed by atoms with E-state index in [-0.39, 0.29) is 17.3 Å². The molecule has 0 radical (unpaired) electrons. The van der Waals surface area contributed by atoms with Crippen LogP contribution in [0.4, 0.5) is 5.69 Å². The van der Waals surface area contributed by atoms with Crippen LogP contribution < -0.4 is 5.32 Å². The number of rotatable bonds is 2. The van der Waals surface area contributed by atoms with E-state index in [1.807, 2.05) is 30.3 Å². The van der Waals surface area contributed by atoms with Gasteiger partial charge in [-0.25, -0.2) is 0 Å². The van der Waals surface area contributed by atoms with E-state index in [0.29, 0.717) is 11.1 Å². The molecule has 4 nitrogen and oxygen atoms in total. The number of Topliss-reactive ketones (excluding diaryl/α,β-unsaturated/α-hetero) is 1. The number of ketones is 2. The third kappa shape index (κ3) is 2.30. The molecule has 0 amide bonds. The van der Waals surface area contributed by atoms with E-state index in [4.69, 9.17) is 0 Å². The average molecular weight is 300 g/mol. The predicted molar refractivity (Wildman–Crippen MR) is 88.6 cm³/mol. The number of nitrogens with one attached hydrogen (secondary N) is 1. The predicted octanol–water partition coefficient (Wildman–Crippen LogP) is 3.61. The van der Waals surface area contributed by atoms with Crippen molar-refractivity contribution in [3.8, 4) is 0 Å². The Kier molecular flexibility index (Phi) is 3.01. The number of carbonyl (C=O) groups excluding carboxylic acids is 2. The Morgan fingerprint density at radius 1 is 0.870 bits per heavy atom. The quantitative estimate of drug-likeness (QED) is 0.785. The van der Waals surface area contributed by atoms with Crippen LogP contribution in [-0.2, 0) is 0 Å². The summed E-state index contributed by atoms with van der Waals surface area (Å²) in [6, 6.07) is 16.3. The van der Waals surface area contributed by atoms with Crippen LogP contribution in [0.25, 0.3) is 10.9 Å². The number of nitrogens with zero attached hydrogens (tertiary/aromatic N) is 1. The van der Waals surface area contributed by atoms with Crippen molar-refractivity contribution in [1.29, 1.82) is 0 Å². The fraction of sp³-hybridized carbons (Fsp3) is 0. The van der Waals surface area contributed by atoms with Crippen molar-refractivity contribution in [2.75, 3.05) is 5.32 Å². The fourth-order valence-electron chi connectivity index (χ4n) is 2.72. The van der Waals surface area contributed by atoms with Crippen molar-refractivity contribution in [3.05, 3.63) is 83.7 Å². The van der Waals surface area contributed by atoms with Crippen molar-refractivity contribution < 1.29 is 9.59 Å². The first-order valence-corrected chi connectivity index (χ1v) is 7.24. The second-order valence-corrected chi connectivity index (χ2v) is 5.33. The van der Waals surface area contributed by atoms with Gasteiger partial charge in [0.05, 0.1) is 11.2 Å². The molecule has 0 spiro atoms. The number of pyridine rings is 1. The summed E-state index contributed by atoms with van der Waals surface area (Å²) in [4.78, 5) is 29.0. The minimum Gasteiger partial charge on any atom is -0.352 e. The second kappa shape index (κ2) is 5.18. The highest BCUT2D eigenvalue weighted by Gasteiger charge is 2.25.